The number of aliphatic hydroxyl groups is 1. The van der Waals surface area contributed by atoms with Crippen LogP contribution in [-0.2, 0) is 0 Å². The topological polar surface area (TPSA) is 52.6 Å². The molecule has 0 aliphatic heterocycles. The molecular formula is C13H18N2O2. The summed E-state index contributed by atoms with van der Waals surface area (Å²) in [6.45, 7) is 1.16. The van der Waals surface area contributed by atoms with E-state index in [-0.39, 0.29) is 12.6 Å². The number of nitrogens with one attached hydrogen (secondary N) is 1. The molecule has 1 saturated carbocycles. The van der Waals surface area contributed by atoms with E-state index in [1.54, 1.807) is 4.90 Å². The van der Waals surface area contributed by atoms with Gasteiger partial charge in [0, 0.05) is 18.8 Å². The van der Waals surface area contributed by atoms with Crippen LogP contribution < -0.4 is 5.32 Å². The maximum atomic E-state index is 12.0. The Bertz CT molecular complexity index is 363. The summed E-state index contributed by atoms with van der Waals surface area (Å²) in [5.74, 6) is 0.628. The zero-order valence-corrected chi connectivity index (χ0v) is 9.80. The third kappa shape index (κ3) is 3.75. The number of aliphatic hydroxyl groups excluding tert-OH is 1. The third-order valence-corrected chi connectivity index (χ3v) is 2.86. The van der Waals surface area contributed by atoms with E-state index < -0.39 is 0 Å². The molecule has 2 rings (SSSR count). The highest BCUT2D eigenvalue weighted by atomic mass is 16.3. The lowest BCUT2D eigenvalue weighted by Gasteiger charge is -2.22. The zero-order valence-electron chi connectivity index (χ0n) is 9.80. The molecule has 2 amide bonds. The number of amides is 2. The number of hydrogen-bond donors (Lipinski definition) is 2. The van der Waals surface area contributed by atoms with Crippen LogP contribution in [0, 0.1) is 5.92 Å². The molecule has 4 nitrogen and oxygen atoms in total. The van der Waals surface area contributed by atoms with Crippen LogP contribution in [0.25, 0.3) is 0 Å². The van der Waals surface area contributed by atoms with E-state index in [1.807, 2.05) is 30.3 Å². The van der Waals surface area contributed by atoms with Crippen molar-refractivity contribution >= 4 is 11.7 Å². The Morgan fingerprint density at radius 2 is 2.06 bits per heavy atom. The number of rotatable bonds is 5. The number of nitrogens with zero attached hydrogens (tertiary/aromatic N) is 1. The predicted octanol–water partition coefficient (Wildman–Crippen LogP) is 1.92. The zero-order chi connectivity index (χ0) is 12.1. The Kier molecular flexibility index (Phi) is 3.98. The minimum atomic E-state index is -0.128. The number of hydrogen-bond acceptors (Lipinski definition) is 2. The molecule has 2 N–H and O–H groups in total. The van der Waals surface area contributed by atoms with Gasteiger partial charge in [0.05, 0.1) is 6.61 Å². The third-order valence-electron chi connectivity index (χ3n) is 2.86. The number of benzene rings is 1. The SMILES string of the molecule is O=C(Nc1ccccc1)N(CCO)CC1CC1. The monoisotopic (exact) mass is 234 g/mol. The first-order valence-corrected chi connectivity index (χ1v) is 6.01. The number of anilines is 1. The van der Waals surface area contributed by atoms with Gasteiger partial charge in [-0.1, -0.05) is 18.2 Å². The summed E-state index contributed by atoms with van der Waals surface area (Å²) < 4.78 is 0. The fraction of sp³-hybridized carbons (Fsp3) is 0.462. The van der Waals surface area contributed by atoms with Crippen LogP contribution in [0.2, 0.25) is 0 Å². The summed E-state index contributed by atoms with van der Waals surface area (Å²) in [6.07, 6.45) is 2.39. The lowest BCUT2D eigenvalue weighted by Crippen LogP contribution is -2.38. The number of urea groups is 1. The number of para-hydroxylation sites is 1. The maximum absolute atomic E-state index is 12.0. The number of carbonyl (C=O) groups is 1. The molecule has 17 heavy (non-hydrogen) atoms. The van der Waals surface area contributed by atoms with Crippen molar-refractivity contribution in [3.8, 4) is 0 Å². The standard InChI is InChI=1S/C13H18N2O2/c16-9-8-15(10-11-6-7-11)13(17)14-12-4-2-1-3-5-12/h1-5,11,16H,6-10H2,(H,14,17). The van der Waals surface area contributed by atoms with Crippen molar-refractivity contribution in [1.29, 1.82) is 0 Å². The quantitative estimate of drug-likeness (QED) is 0.817. The molecule has 0 heterocycles. The van der Waals surface area contributed by atoms with Gasteiger partial charge >= 0.3 is 6.03 Å². The molecule has 0 bridgehead atoms. The first-order valence-electron chi connectivity index (χ1n) is 6.01. The molecule has 4 heteroatoms. The van der Waals surface area contributed by atoms with E-state index in [0.717, 1.165) is 12.2 Å². The van der Waals surface area contributed by atoms with Crippen LogP contribution in [-0.4, -0.2) is 35.7 Å². The Balaban J connectivity index is 1.90. The van der Waals surface area contributed by atoms with Gasteiger partial charge in [0.2, 0.25) is 0 Å². The van der Waals surface area contributed by atoms with Gasteiger partial charge < -0.3 is 15.3 Å². The Hall–Kier alpha value is -1.55. The van der Waals surface area contributed by atoms with Gasteiger partial charge in [-0.05, 0) is 30.9 Å². The van der Waals surface area contributed by atoms with Crippen LogP contribution in [0.3, 0.4) is 0 Å². The summed E-state index contributed by atoms with van der Waals surface area (Å²) in [7, 11) is 0. The van der Waals surface area contributed by atoms with Gasteiger partial charge in [0.25, 0.3) is 0 Å². The second-order valence-corrected chi connectivity index (χ2v) is 4.41. The maximum Gasteiger partial charge on any atom is 0.321 e. The van der Waals surface area contributed by atoms with Gasteiger partial charge in [-0.3, -0.25) is 0 Å². The molecule has 0 unspecified atom stereocenters. The highest BCUT2D eigenvalue weighted by Gasteiger charge is 2.26. The van der Waals surface area contributed by atoms with E-state index in [1.165, 1.54) is 12.8 Å². The van der Waals surface area contributed by atoms with Gasteiger partial charge in [-0.25, -0.2) is 4.79 Å². The van der Waals surface area contributed by atoms with Gasteiger partial charge in [0.1, 0.15) is 0 Å². The minimum absolute atomic E-state index is 0.00886. The minimum Gasteiger partial charge on any atom is -0.395 e. The molecule has 1 fully saturated rings. The van der Waals surface area contributed by atoms with Gasteiger partial charge in [-0.15, -0.1) is 0 Å². The van der Waals surface area contributed by atoms with Crippen molar-refractivity contribution in [3.05, 3.63) is 30.3 Å². The Labute approximate surface area is 101 Å². The first kappa shape index (κ1) is 11.9. The van der Waals surface area contributed by atoms with E-state index in [4.69, 9.17) is 5.11 Å². The molecule has 1 aliphatic carbocycles. The molecule has 1 aliphatic rings. The van der Waals surface area contributed by atoms with Crippen molar-refractivity contribution in [2.45, 2.75) is 12.8 Å². The molecule has 0 spiro atoms. The molecule has 92 valence electrons. The second kappa shape index (κ2) is 5.68. The van der Waals surface area contributed by atoms with E-state index in [2.05, 4.69) is 5.32 Å². The van der Waals surface area contributed by atoms with Crippen LogP contribution in [0.5, 0.6) is 0 Å². The number of carbonyl (C=O) groups excluding carboxylic acids is 1. The smallest absolute Gasteiger partial charge is 0.321 e. The van der Waals surface area contributed by atoms with Crippen molar-refractivity contribution in [3.63, 3.8) is 0 Å². The highest BCUT2D eigenvalue weighted by molar-refractivity contribution is 5.89. The van der Waals surface area contributed by atoms with Crippen LogP contribution >= 0.6 is 0 Å². The second-order valence-electron chi connectivity index (χ2n) is 4.41. The summed E-state index contributed by atoms with van der Waals surface area (Å²) in [4.78, 5) is 13.7. The van der Waals surface area contributed by atoms with Crippen molar-refractivity contribution in [2.24, 2.45) is 5.92 Å². The highest BCUT2D eigenvalue weighted by Crippen LogP contribution is 2.29. The molecule has 0 aromatic heterocycles. The summed E-state index contributed by atoms with van der Waals surface area (Å²) in [5.41, 5.74) is 0.788. The average Bonchev–Trinajstić information content (AvgIpc) is 3.14. The fourth-order valence-corrected chi connectivity index (χ4v) is 1.73. The van der Waals surface area contributed by atoms with Crippen LogP contribution in [0.1, 0.15) is 12.8 Å². The van der Waals surface area contributed by atoms with Crippen molar-refractivity contribution < 1.29 is 9.90 Å². The fourth-order valence-electron chi connectivity index (χ4n) is 1.73. The van der Waals surface area contributed by atoms with E-state index in [9.17, 15) is 4.79 Å². The van der Waals surface area contributed by atoms with Crippen molar-refractivity contribution in [2.75, 3.05) is 25.0 Å². The first-order chi connectivity index (χ1) is 8.29. The predicted molar refractivity (Wildman–Crippen MR) is 66.8 cm³/mol. The summed E-state index contributed by atoms with van der Waals surface area (Å²) in [5, 5.41) is 11.8. The summed E-state index contributed by atoms with van der Waals surface area (Å²) in [6, 6.07) is 9.25. The lowest BCUT2D eigenvalue weighted by molar-refractivity contribution is 0.185. The molecule has 1 aromatic carbocycles. The molecule has 1 aromatic rings. The average molecular weight is 234 g/mol. The van der Waals surface area contributed by atoms with Gasteiger partial charge in [0.15, 0.2) is 0 Å². The van der Waals surface area contributed by atoms with Crippen LogP contribution in [0.4, 0.5) is 10.5 Å². The lowest BCUT2D eigenvalue weighted by atomic mass is 10.3. The van der Waals surface area contributed by atoms with E-state index in [0.29, 0.717) is 12.5 Å². The molecular weight excluding hydrogens is 216 g/mol. The molecule has 0 radical (unpaired) electrons. The molecule has 0 atom stereocenters. The van der Waals surface area contributed by atoms with E-state index >= 15 is 0 Å². The largest absolute Gasteiger partial charge is 0.395 e. The Morgan fingerprint density at radius 3 is 2.65 bits per heavy atom. The van der Waals surface area contributed by atoms with Gasteiger partial charge in [-0.2, -0.15) is 0 Å². The molecule has 0 saturated heterocycles. The normalized spacial score (nSPS) is 14.4. The summed E-state index contributed by atoms with van der Waals surface area (Å²) >= 11 is 0. The Morgan fingerprint density at radius 1 is 1.35 bits per heavy atom. The van der Waals surface area contributed by atoms with Crippen LogP contribution in [0.15, 0.2) is 30.3 Å². The van der Waals surface area contributed by atoms with Crippen molar-refractivity contribution in [1.82, 2.24) is 4.90 Å².